The first-order valence-electron chi connectivity index (χ1n) is 3.46. The van der Waals surface area contributed by atoms with E-state index in [-0.39, 0.29) is 0 Å². The van der Waals surface area contributed by atoms with Crippen LogP contribution in [0.2, 0.25) is 0 Å². The number of hydrogen-bond acceptors (Lipinski definition) is 1. The molecule has 0 saturated heterocycles. The van der Waals surface area contributed by atoms with Gasteiger partial charge in [-0.15, -0.1) is 11.8 Å². The van der Waals surface area contributed by atoms with Crippen molar-refractivity contribution in [3.63, 3.8) is 0 Å². The topological polar surface area (TPSA) is 0 Å². The van der Waals surface area contributed by atoms with Crippen molar-refractivity contribution in [3.8, 4) is 0 Å². The molecule has 0 bridgehead atoms. The average Bonchev–Trinajstić information content (AvgIpc) is 1.96. The van der Waals surface area contributed by atoms with E-state index < -0.39 is 0 Å². The summed E-state index contributed by atoms with van der Waals surface area (Å²) in [5.41, 5.74) is 2.76. The van der Waals surface area contributed by atoms with Crippen molar-refractivity contribution in [2.75, 3.05) is 6.26 Å². The van der Waals surface area contributed by atoms with Crippen LogP contribution in [0.15, 0.2) is 17.0 Å². The maximum absolute atomic E-state index is 2.39. The van der Waals surface area contributed by atoms with E-state index in [1.807, 2.05) is 11.8 Å². The number of aryl methyl sites for hydroxylation is 1. The lowest BCUT2D eigenvalue weighted by molar-refractivity contribution is 1.24. The highest BCUT2D eigenvalue weighted by Crippen LogP contribution is 2.25. The molecule has 0 spiro atoms. The molecule has 0 aliphatic heterocycles. The van der Waals surface area contributed by atoms with Crippen LogP contribution in [0.5, 0.6) is 0 Å². The van der Waals surface area contributed by atoms with Gasteiger partial charge in [0, 0.05) is 8.47 Å². The summed E-state index contributed by atoms with van der Waals surface area (Å²) in [7, 11) is 0. The Kier molecular flexibility index (Phi) is 3.25. The molecule has 0 amide bonds. The van der Waals surface area contributed by atoms with E-state index in [2.05, 4.69) is 54.8 Å². The first-order valence-corrected chi connectivity index (χ1v) is 5.76. The van der Waals surface area contributed by atoms with Crippen LogP contribution in [0.1, 0.15) is 11.1 Å². The molecular formula is C9H11IS. The van der Waals surface area contributed by atoms with Gasteiger partial charge in [-0.2, -0.15) is 0 Å². The third kappa shape index (κ3) is 2.12. The van der Waals surface area contributed by atoms with E-state index >= 15 is 0 Å². The predicted molar refractivity (Wildman–Crippen MR) is 60.4 cm³/mol. The highest BCUT2D eigenvalue weighted by Gasteiger charge is 2.01. The summed E-state index contributed by atoms with van der Waals surface area (Å²) >= 11 is 4.20. The van der Waals surface area contributed by atoms with Crippen molar-refractivity contribution in [3.05, 3.63) is 26.8 Å². The highest BCUT2D eigenvalue weighted by atomic mass is 127. The second-order valence-corrected chi connectivity index (χ2v) is 4.58. The number of thioether (sulfide) groups is 1. The van der Waals surface area contributed by atoms with Crippen molar-refractivity contribution < 1.29 is 0 Å². The van der Waals surface area contributed by atoms with Crippen molar-refractivity contribution in [2.45, 2.75) is 18.7 Å². The number of rotatable bonds is 1. The van der Waals surface area contributed by atoms with Crippen LogP contribution in [0, 0.1) is 17.4 Å². The molecule has 0 N–H and O–H groups in total. The Morgan fingerprint density at radius 2 is 1.91 bits per heavy atom. The second kappa shape index (κ2) is 3.81. The fourth-order valence-corrected chi connectivity index (χ4v) is 2.68. The van der Waals surface area contributed by atoms with Crippen molar-refractivity contribution >= 4 is 34.4 Å². The van der Waals surface area contributed by atoms with Crippen molar-refractivity contribution in [1.82, 2.24) is 0 Å². The molecular weight excluding hydrogens is 267 g/mol. The zero-order valence-corrected chi connectivity index (χ0v) is 9.91. The Morgan fingerprint density at radius 3 is 2.45 bits per heavy atom. The third-order valence-electron chi connectivity index (χ3n) is 1.66. The zero-order chi connectivity index (χ0) is 8.43. The number of halogens is 1. The molecule has 0 fully saturated rings. The normalized spacial score (nSPS) is 10.2. The van der Waals surface area contributed by atoms with Gasteiger partial charge in [-0.05, 0) is 66.0 Å². The van der Waals surface area contributed by atoms with Crippen LogP contribution < -0.4 is 0 Å². The molecule has 11 heavy (non-hydrogen) atoms. The summed E-state index contributed by atoms with van der Waals surface area (Å²) < 4.78 is 1.37. The Bertz CT molecular complexity index is 269. The molecule has 0 nitrogen and oxygen atoms in total. The molecule has 1 aromatic rings. The lowest BCUT2D eigenvalue weighted by Gasteiger charge is -2.05. The first-order chi connectivity index (χ1) is 5.15. The molecule has 1 aromatic carbocycles. The molecule has 0 aliphatic carbocycles. The van der Waals surface area contributed by atoms with E-state index in [0.717, 1.165) is 0 Å². The molecule has 0 radical (unpaired) electrons. The maximum atomic E-state index is 2.39. The van der Waals surface area contributed by atoms with Gasteiger partial charge >= 0.3 is 0 Å². The standard InChI is InChI=1S/C9H11IS/c1-6-4-8(10)7(2)9(5-6)11-3/h4-5H,1-3H3. The van der Waals surface area contributed by atoms with Gasteiger partial charge in [0.05, 0.1) is 0 Å². The summed E-state index contributed by atoms with van der Waals surface area (Å²) in [6, 6.07) is 4.46. The van der Waals surface area contributed by atoms with Gasteiger partial charge < -0.3 is 0 Å². The molecule has 0 saturated carbocycles. The number of benzene rings is 1. The van der Waals surface area contributed by atoms with Gasteiger partial charge in [-0.1, -0.05) is 0 Å². The molecule has 0 heterocycles. The fraction of sp³-hybridized carbons (Fsp3) is 0.333. The van der Waals surface area contributed by atoms with Crippen LogP contribution in [0.4, 0.5) is 0 Å². The Hall–Kier alpha value is 0.300. The van der Waals surface area contributed by atoms with Gasteiger partial charge in [0.1, 0.15) is 0 Å². The van der Waals surface area contributed by atoms with Crippen LogP contribution in [0.3, 0.4) is 0 Å². The summed E-state index contributed by atoms with van der Waals surface area (Å²) in [4.78, 5) is 1.40. The van der Waals surface area contributed by atoms with Gasteiger partial charge in [0.15, 0.2) is 0 Å². The maximum Gasteiger partial charge on any atom is 0.0173 e. The van der Waals surface area contributed by atoms with Gasteiger partial charge in [-0.3, -0.25) is 0 Å². The molecule has 2 heteroatoms. The molecule has 0 unspecified atom stereocenters. The second-order valence-electron chi connectivity index (χ2n) is 2.57. The van der Waals surface area contributed by atoms with Gasteiger partial charge in [0.2, 0.25) is 0 Å². The monoisotopic (exact) mass is 278 g/mol. The summed E-state index contributed by atoms with van der Waals surface area (Å²) in [5.74, 6) is 0. The summed E-state index contributed by atoms with van der Waals surface area (Å²) in [5, 5.41) is 0. The van der Waals surface area contributed by atoms with Crippen LogP contribution in [-0.4, -0.2) is 6.26 Å². The number of hydrogen-bond donors (Lipinski definition) is 0. The minimum absolute atomic E-state index is 1.35. The SMILES string of the molecule is CSc1cc(C)cc(I)c1C. The zero-order valence-electron chi connectivity index (χ0n) is 6.94. The highest BCUT2D eigenvalue weighted by molar-refractivity contribution is 14.1. The van der Waals surface area contributed by atoms with E-state index in [9.17, 15) is 0 Å². The van der Waals surface area contributed by atoms with E-state index in [0.29, 0.717) is 0 Å². The summed E-state index contributed by atoms with van der Waals surface area (Å²) in [6.45, 7) is 4.31. The smallest absolute Gasteiger partial charge is 0.0173 e. The lowest BCUT2D eigenvalue weighted by atomic mass is 10.2. The van der Waals surface area contributed by atoms with Crippen molar-refractivity contribution in [1.29, 1.82) is 0 Å². The molecule has 0 aromatic heterocycles. The van der Waals surface area contributed by atoms with E-state index in [4.69, 9.17) is 0 Å². The minimum Gasteiger partial charge on any atom is -0.129 e. The largest absolute Gasteiger partial charge is 0.129 e. The van der Waals surface area contributed by atoms with Gasteiger partial charge in [-0.25, -0.2) is 0 Å². The van der Waals surface area contributed by atoms with E-state index in [1.54, 1.807) is 0 Å². The molecule has 1 rings (SSSR count). The fourth-order valence-electron chi connectivity index (χ4n) is 0.995. The van der Waals surface area contributed by atoms with Gasteiger partial charge in [0.25, 0.3) is 0 Å². The third-order valence-corrected chi connectivity index (χ3v) is 3.65. The molecule has 0 atom stereocenters. The quantitative estimate of drug-likeness (QED) is 0.558. The van der Waals surface area contributed by atoms with Crippen LogP contribution in [-0.2, 0) is 0 Å². The molecule has 60 valence electrons. The van der Waals surface area contributed by atoms with E-state index in [1.165, 1.54) is 19.6 Å². The minimum atomic E-state index is 1.35. The Morgan fingerprint density at radius 1 is 1.27 bits per heavy atom. The Labute approximate surface area is 85.9 Å². The Balaban J connectivity index is 3.24. The van der Waals surface area contributed by atoms with Crippen molar-refractivity contribution in [2.24, 2.45) is 0 Å². The lowest BCUT2D eigenvalue weighted by Crippen LogP contribution is -1.85. The van der Waals surface area contributed by atoms with Crippen LogP contribution >= 0.6 is 34.4 Å². The molecule has 0 aliphatic rings. The first kappa shape index (κ1) is 9.39. The predicted octanol–water partition coefficient (Wildman–Crippen LogP) is 3.63. The summed E-state index contributed by atoms with van der Waals surface area (Å²) in [6.07, 6.45) is 2.12. The van der Waals surface area contributed by atoms with Crippen LogP contribution in [0.25, 0.3) is 0 Å². The average molecular weight is 278 g/mol.